The van der Waals surface area contributed by atoms with Crippen LogP contribution in [-0.4, -0.2) is 46.8 Å². The molecule has 1 aliphatic heterocycles. The molecule has 3 heterocycles. The lowest BCUT2D eigenvalue weighted by Crippen LogP contribution is -2.34. The molecular weight excluding hydrogens is 352 g/mol. The van der Waals surface area contributed by atoms with Crippen LogP contribution in [0.3, 0.4) is 0 Å². The van der Waals surface area contributed by atoms with E-state index < -0.39 is 0 Å². The first-order chi connectivity index (χ1) is 12.7. The molecule has 0 spiro atoms. The van der Waals surface area contributed by atoms with Gasteiger partial charge in [0.05, 0.1) is 12.0 Å². The standard InChI is InChI=1S/C19H19ClN4O2/c20-14-4-1-5-15(12-14)24-17(18-6-2-11-26-18)13-16(22-24)19(25)23-9-3-7-21-8-10-23/h1-2,4-6,11-13,21H,3,7-10H2. The molecule has 1 aliphatic rings. The summed E-state index contributed by atoms with van der Waals surface area (Å²) in [7, 11) is 0. The third kappa shape index (κ3) is 3.38. The number of amides is 1. The molecule has 1 amide bonds. The fourth-order valence-corrected chi connectivity index (χ4v) is 3.29. The van der Waals surface area contributed by atoms with Gasteiger partial charge in [-0.05, 0) is 43.3 Å². The van der Waals surface area contributed by atoms with Gasteiger partial charge in [0.25, 0.3) is 5.91 Å². The number of carbonyl (C=O) groups is 1. The Morgan fingerprint density at radius 2 is 2.08 bits per heavy atom. The maximum absolute atomic E-state index is 13.0. The monoisotopic (exact) mass is 370 g/mol. The lowest BCUT2D eigenvalue weighted by atomic mass is 10.2. The Morgan fingerprint density at radius 1 is 1.15 bits per heavy atom. The summed E-state index contributed by atoms with van der Waals surface area (Å²) in [5.41, 5.74) is 1.90. The molecule has 0 unspecified atom stereocenters. The van der Waals surface area contributed by atoms with Crippen molar-refractivity contribution in [1.29, 1.82) is 0 Å². The SMILES string of the molecule is O=C(c1cc(-c2ccco2)n(-c2cccc(Cl)c2)n1)N1CCCNCC1. The van der Waals surface area contributed by atoms with Crippen LogP contribution in [0.2, 0.25) is 5.02 Å². The highest BCUT2D eigenvalue weighted by Crippen LogP contribution is 2.26. The van der Waals surface area contributed by atoms with Crippen molar-refractivity contribution in [2.24, 2.45) is 0 Å². The van der Waals surface area contributed by atoms with E-state index in [1.54, 1.807) is 23.1 Å². The van der Waals surface area contributed by atoms with Crippen molar-refractivity contribution in [3.05, 3.63) is 59.4 Å². The number of rotatable bonds is 3. The molecule has 0 saturated carbocycles. The number of carbonyl (C=O) groups excluding carboxylic acids is 1. The van der Waals surface area contributed by atoms with Gasteiger partial charge >= 0.3 is 0 Å². The van der Waals surface area contributed by atoms with Crippen molar-refractivity contribution in [2.45, 2.75) is 6.42 Å². The number of hydrogen-bond acceptors (Lipinski definition) is 4. The third-order valence-electron chi connectivity index (χ3n) is 4.38. The van der Waals surface area contributed by atoms with Crippen LogP contribution in [0, 0.1) is 0 Å². The Balaban J connectivity index is 1.75. The van der Waals surface area contributed by atoms with Gasteiger partial charge in [-0.1, -0.05) is 17.7 Å². The van der Waals surface area contributed by atoms with Crippen molar-refractivity contribution >= 4 is 17.5 Å². The molecule has 2 aromatic heterocycles. The summed E-state index contributed by atoms with van der Waals surface area (Å²) in [6.45, 7) is 3.13. The van der Waals surface area contributed by atoms with Crippen LogP contribution in [0.15, 0.2) is 53.1 Å². The van der Waals surface area contributed by atoms with Crippen LogP contribution in [0.1, 0.15) is 16.9 Å². The maximum atomic E-state index is 13.0. The molecule has 1 saturated heterocycles. The summed E-state index contributed by atoms with van der Waals surface area (Å²) in [5, 5.41) is 8.48. The van der Waals surface area contributed by atoms with E-state index in [0.29, 0.717) is 28.7 Å². The Morgan fingerprint density at radius 3 is 2.88 bits per heavy atom. The third-order valence-corrected chi connectivity index (χ3v) is 4.62. The molecule has 26 heavy (non-hydrogen) atoms. The fraction of sp³-hybridized carbons (Fsp3) is 0.263. The highest BCUT2D eigenvalue weighted by Gasteiger charge is 2.23. The van der Waals surface area contributed by atoms with Gasteiger partial charge in [0.15, 0.2) is 11.5 Å². The summed E-state index contributed by atoms with van der Waals surface area (Å²) in [5.74, 6) is 0.580. The maximum Gasteiger partial charge on any atom is 0.274 e. The second-order valence-electron chi connectivity index (χ2n) is 6.18. The highest BCUT2D eigenvalue weighted by molar-refractivity contribution is 6.30. The molecular formula is C19H19ClN4O2. The van der Waals surface area contributed by atoms with Crippen molar-refractivity contribution in [3.63, 3.8) is 0 Å². The molecule has 7 heteroatoms. The fourth-order valence-electron chi connectivity index (χ4n) is 3.10. The van der Waals surface area contributed by atoms with E-state index in [4.69, 9.17) is 16.0 Å². The zero-order chi connectivity index (χ0) is 17.9. The van der Waals surface area contributed by atoms with Crippen molar-refractivity contribution in [3.8, 4) is 17.1 Å². The van der Waals surface area contributed by atoms with E-state index >= 15 is 0 Å². The Kier molecular flexibility index (Phi) is 4.77. The van der Waals surface area contributed by atoms with Crippen LogP contribution in [0.25, 0.3) is 17.1 Å². The molecule has 1 fully saturated rings. The summed E-state index contributed by atoms with van der Waals surface area (Å²) >= 11 is 6.13. The first-order valence-corrected chi connectivity index (χ1v) is 9.00. The van der Waals surface area contributed by atoms with Gasteiger partial charge in [0.2, 0.25) is 0 Å². The minimum Gasteiger partial charge on any atom is -0.463 e. The first kappa shape index (κ1) is 16.9. The van der Waals surface area contributed by atoms with Gasteiger partial charge in [0.1, 0.15) is 5.69 Å². The average molecular weight is 371 g/mol. The molecule has 0 radical (unpaired) electrons. The molecule has 0 bridgehead atoms. The highest BCUT2D eigenvalue weighted by atomic mass is 35.5. The largest absolute Gasteiger partial charge is 0.463 e. The predicted molar refractivity (Wildman–Crippen MR) is 99.7 cm³/mol. The second-order valence-corrected chi connectivity index (χ2v) is 6.62. The molecule has 1 aromatic carbocycles. The minimum atomic E-state index is -0.0673. The molecule has 1 N–H and O–H groups in total. The van der Waals surface area contributed by atoms with E-state index in [1.165, 1.54) is 0 Å². The van der Waals surface area contributed by atoms with E-state index in [-0.39, 0.29) is 5.91 Å². The van der Waals surface area contributed by atoms with Gasteiger partial charge < -0.3 is 14.6 Å². The normalized spacial score (nSPS) is 15.0. The van der Waals surface area contributed by atoms with Crippen molar-refractivity contribution < 1.29 is 9.21 Å². The Hall–Kier alpha value is -2.57. The number of nitrogens with zero attached hydrogens (tertiary/aromatic N) is 3. The smallest absolute Gasteiger partial charge is 0.274 e. The average Bonchev–Trinajstić information content (AvgIpc) is 3.25. The van der Waals surface area contributed by atoms with Crippen LogP contribution >= 0.6 is 11.6 Å². The second kappa shape index (κ2) is 7.35. The van der Waals surface area contributed by atoms with Gasteiger partial charge in [0, 0.05) is 30.7 Å². The van der Waals surface area contributed by atoms with Crippen LogP contribution in [0.4, 0.5) is 0 Å². The number of halogens is 1. The van der Waals surface area contributed by atoms with E-state index in [9.17, 15) is 4.79 Å². The number of hydrogen-bond donors (Lipinski definition) is 1. The van der Waals surface area contributed by atoms with Crippen molar-refractivity contribution in [1.82, 2.24) is 20.0 Å². The number of furan rings is 1. The molecule has 6 nitrogen and oxygen atoms in total. The van der Waals surface area contributed by atoms with Gasteiger partial charge in [-0.2, -0.15) is 5.10 Å². The Labute approximate surface area is 156 Å². The Bertz CT molecular complexity index is 896. The van der Waals surface area contributed by atoms with Crippen molar-refractivity contribution in [2.75, 3.05) is 26.2 Å². The van der Waals surface area contributed by atoms with E-state index in [1.807, 2.05) is 35.2 Å². The zero-order valence-corrected chi connectivity index (χ0v) is 14.9. The lowest BCUT2D eigenvalue weighted by molar-refractivity contribution is 0.0760. The molecule has 4 rings (SSSR count). The predicted octanol–water partition coefficient (Wildman–Crippen LogP) is 3.22. The number of nitrogens with one attached hydrogen (secondary N) is 1. The van der Waals surface area contributed by atoms with Gasteiger partial charge in [-0.3, -0.25) is 4.79 Å². The first-order valence-electron chi connectivity index (χ1n) is 8.62. The van der Waals surface area contributed by atoms with Gasteiger partial charge in [-0.25, -0.2) is 4.68 Å². The molecule has 0 atom stereocenters. The van der Waals surface area contributed by atoms with Crippen LogP contribution in [0.5, 0.6) is 0 Å². The summed E-state index contributed by atoms with van der Waals surface area (Å²) in [6.07, 6.45) is 2.54. The minimum absolute atomic E-state index is 0.0673. The molecule has 134 valence electrons. The van der Waals surface area contributed by atoms with Gasteiger partial charge in [-0.15, -0.1) is 0 Å². The summed E-state index contributed by atoms with van der Waals surface area (Å²) < 4.78 is 7.24. The topological polar surface area (TPSA) is 63.3 Å². The lowest BCUT2D eigenvalue weighted by Gasteiger charge is -2.18. The zero-order valence-electron chi connectivity index (χ0n) is 14.2. The van der Waals surface area contributed by atoms with Crippen LogP contribution in [-0.2, 0) is 0 Å². The molecule has 0 aliphatic carbocycles. The number of aromatic nitrogens is 2. The van der Waals surface area contributed by atoms with E-state index in [0.717, 1.165) is 31.7 Å². The van der Waals surface area contributed by atoms with Crippen LogP contribution < -0.4 is 5.32 Å². The van der Waals surface area contributed by atoms with E-state index in [2.05, 4.69) is 10.4 Å². The summed E-state index contributed by atoms with van der Waals surface area (Å²) in [4.78, 5) is 14.8. The summed E-state index contributed by atoms with van der Waals surface area (Å²) in [6, 6.07) is 12.8. The quantitative estimate of drug-likeness (QED) is 0.768. The number of benzene rings is 1. The molecule has 3 aromatic rings.